The second-order valence-corrected chi connectivity index (χ2v) is 8.94. The molecule has 0 saturated carbocycles. The van der Waals surface area contributed by atoms with E-state index in [4.69, 9.17) is 37.4 Å². The fourth-order valence-electron chi connectivity index (χ4n) is 3.76. The van der Waals surface area contributed by atoms with Crippen molar-refractivity contribution in [2.24, 2.45) is 5.92 Å². The van der Waals surface area contributed by atoms with E-state index >= 15 is 0 Å². The van der Waals surface area contributed by atoms with Crippen LogP contribution in [-0.2, 0) is 14.3 Å². The Morgan fingerprint density at radius 3 is 2.41 bits per heavy atom. The van der Waals surface area contributed by atoms with Crippen molar-refractivity contribution in [2.45, 2.75) is 6.42 Å². The molecule has 1 aliphatic heterocycles. The maximum Gasteiger partial charge on any atom is 0.343 e. The van der Waals surface area contributed by atoms with Gasteiger partial charge in [-0.1, -0.05) is 35.3 Å². The summed E-state index contributed by atoms with van der Waals surface area (Å²) >= 11 is 12.2. The quantitative estimate of drug-likeness (QED) is 0.224. The molecule has 1 saturated heterocycles. The molecule has 190 valence electrons. The van der Waals surface area contributed by atoms with Gasteiger partial charge < -0.3 is 19.1 Å². The Kier molecular flexibility index (Phi) is 8.11. The van der Waals surface area contributed by atoms with E-state index in [2.05, 4.69) is 0 Å². The number of amides is 1. The number of methoxy groups -OCH3 is 1. The molecule has 0 unspecified atom stereocenters. The Labute approximate surface area is 222 Å². The number of carbonyl (C=O) groups excluding carboxylic acids is 4. The van der Waals surface area contributed by atoms with Gasteiger partial charge in [-0.05, 0) is 54.6 Å². The van der Waals surface area contributed by atoms with Gasteiger partial charge in [0.2, 0.25) is 5.91 Å². The summed E-state index contributed by atoms with van der Waals surface area (Å²) in [6, 6.07) is 17.3. The highest BCUT2D eigenvalue weighted by atomic mass is 35.5. The Balaban J connectivity index is 1.30. The van der Waals surface area contributed by atoms with Crippen LogP contribution < -0.4 is 14.4 Å². The number of Topliss-reactive ketones (excluding diaryl/α,β-unsaturated/α-hetero) is 1. The number of hydrogen-bond donors (Lipinski definition) is 0. The number of carbonyl (C=O) groups is 4. The van der Waals surface area contributed by atoms with Crippen LogP contribution >= 0.6 is 23.2 Å². The van der Waals surface area contributed by atoms with E-state index in [-0.39, 0.29) is 35.2 Å². The standard InChI is InChI=1S/C27H21Cl2NO7/c1-35-20-5-2-4-17(12-20)27(34)37-19-10-8-16(9-11-19)23(31)15-36-26(33)18-13-24(32)30(14-18)22-7-3-6-21(28)25(22)29/h2-12,18H,13-15H2,1H3/t18-/m1/s1. The van der Waals surface area contributed by atoms with E-state index in [0.717, 1.165) is 0 Å². The van der Waals surface area contributed by atoms with Gasteiger partial charge in [0.25, 0.3) is 0 Å². The second kappa shape index (κ2) is 11.5. The zero-order valence-electron chi connectivity index (χ0n) is 19.6. The van der Waals surface area contributed by atoms with E-state index in [0.29, 0.717) is 22.0 Å². The first-order chi connectivity index (χ1) is 17.8. The first-order valence-electron chi connectivity index (χ1n) is 11.2. The van der Waals surface area contributed by atoms with E-state index in [9.17, 15) is 19.2 Å². The van der Waals surface area contributed by atoms with Gasteiger partial charge in [0, 0.05) is 18.5 Å². The molecule has 1 amide bonds. The number of benzene rings is 3. The average molecular weight is 542 g/mol. The molecular formula is C27H21Cl2NO7. The summed E-state index contributed by atoms with van der Waals surface area (Å²) in [5.74, 6) is -1.96. The summed E-state index contributed by atoms with van der Waals surface area (Å²) in [4.78, 5) is 51.2. The van der Waals surface area contributed by atoms with Crippen LogP contribution in [0.2, 0.25) is 10.0 Å². The van der Waals surface area contributed by atoms with Crippen molar-refractivity contribution in [3.8, 4) is 11.5 Å². The molecule has 4 rings (SSSR count). The molecule has 10 heteroatoms. The number of anilines is 1. The van der Waals surface area contributed by atoms with Crippen molar-refractivity contribution in [2.75, 3.05) is 25.2 Å². The molecule has 37 heavy (non-hydrogen) atoms. The third-order valence-corrected chi connectivity index (χ3v) is 6.53. The Bertz CT molecular complexity index is 1360. The van der Waals surface area contributed by atoms with Crippen LogP contribution in [0.5, 0.6) is 11.5 Å². The number of ketones is 1. The van der Waals surface area contributed by atoms with Crippen LogP contribution in [-0.4, -0.2) is 43.9 Å². The number of ether oxygens (including phenoxy) is 3. The Hall–Kier alpha value is -3.88. The summed E-state index contributed by atoms with van der Waals surface area (Å²) in [7, 11) is 1.50. The van der Waals surface area contributed by atoms with Crippen molar-refractivity contribution in [3.63, 3.8) is 0 Å². The third-order valence-electron chi connectivity index (χ3n) is 5.72. The Morgan fingerprint density at radius 1 is 0.946 bits per heavy atom. The molecule has 8 nitrogen and oxygen atoms in total. The van der Waals surface area contributed by atoms with Gasteiger partial charge in [0.15, 0.2) is 12.4 Å². The summed E-state index contributed by atoms with van der Waals surface area (Å²) in [6.45, 7) is -0.427. The largest absolute Gasteiger partial charge is 0.497 e. The molecule has 1 aliphatic rings. The lowest BCUT2D eigenvalue weighted by Crippen LogP contribution is -2.27. The molecular weight excluding hydrogens is 521 g/mol. The number of rotatable bonds is 8. The van der Waals surface area contributed by atoms with Gasteiger partial charge in [-0.15, -0.1) is 0 Å². The van der Waals surface area contributed by atoms with Gasteiger partial charge in [0.1, 0.15) is 11.5 Å². The lowest BCUT2D eigenvalue weighted by molar-refractivity contribution is -0.147. The Morgan fingerprint density at radius 2 is 1.68 bits per heavy atom. The van der Waals surface area contributed by atoms with E-state index in [1.807, 2.05) is 0 Å². The highest BCUT2D eigenvalue weighted by Gasteiger charge is 2.37. The highest BCUT2D eigenvalue weighted by Crippen LogP contribution is 2.36. The molecule has 3 aromatic rings. The van der Waals surface area contributed by atoms with Gasteiger partial charge in [-0.3, -0.25) is 14.4 Å². The summed E-state index contributed by atoms with van der Waals surface area (Å²) in [6.07, 6.45) is -0.0663. The minimum atomic E-state index is -0.742. The highest BCUT2D eigenvalue weighted by molar-refractivity contribution is 6.44. The van der Waals surface area contributed by atoms with Crippen molar-refractivity contribution < 1.29 is 33.4 Å². The zero-order valence-corrected chi connectivity index (χ0v) is 21.1. The maximum absolute atomic E-state index is 12.5. The van der Waals surface area contributed by atoms with Crippen molar-refractivity contribution in [1.29, 1.82) is 0 Å². The first kappa shape index (κ1) is 26.2. The predicted molar refractivity (Wildman–Crippen MR) is 137 cm³/mol. The van der Waals surface area contributed by atoms with Crippen LogP contribution in [0.1, 0.15) is 27.1 Å². The van der Waals surface area contributed by atoms with Crippen LogP contribution in [0.3, 0.4) is 0 Å². The van der Waals surface area contributed by atoms with Crippen LogP contribution in [0.15, 0.2) is 66.7 Å². The molecule has 1 heterocycles. The van der Waals surface area contributed by atoms with Crippen LogP contribution in [0.25, 0.3) is 0 Å². The van der Waals surface area contributed by atoms with Gasteiger partial charge in [-0.25, -0.2) is 4.79 Å². The summed E-state index contributed by atoms with van der Waals surface area (Å²) in [5.41, 5.74) is 0.995. The van der Waals surface area contributed by atoms with E-state index in [1.54, 1.807) is 42.5 Å². The number of nitrogens with zero attached hydrogens (tertiary/aromatic N) is 1. The first-order valence-corrected chi connectivity index (χ1v) is 11.9. The number of hydrogen-bond acceptors (Lipinski definition) is 7. The summed E-state index contributed by atoms with van der Waals surface area (Å²) in [5, 5.41) is 0.518. The zero-order chi connectivity index (χ0) is 26.5. The van der Waals surface area contributed by atoms with Crippen LogP contribution in [0, 0.1) is 5.92 Å². The third kappa shape index (κ3) is 6.10. The normalized spacial score (nSPS) is 14.8. The molecule has 1 fully saturated rings. The van der Waals surface area contributed by atoms with Gasteiger partial charge in [0.05, 0.1) is 34.3 Å². The molecule has 0 aliphatic carbocycles. The molecule has 0 radical (unpaired) electrons. The van der Waals surface area contributed by atoms with Crippen molar-refractivity contribution >= 4 is 52.5 Å². The number of halogens is 2. The molecule has 3 aromatic carbocycles. The second-order valence-electron chi connectivity index (χ2n) is 8.16. The smallest absolute Gasteiger partial charge is 0.343 e. The molecule has 0 aromatic heterocycles. The van der Waals surface area contributed by atoms with Gasteiger partial charge in [-0.2, -0.15) is 0 Å². The van der Waals surface area contributed by atoms with E-state index in [1.165, 1.54) is 36.3 Å². The monoisotopic (exact) mass is 541 g/mol. The number of esters is 2. The van der Waals surface area contributed by atoms with Crippen LogP contribution in [0.4, 0.5) is 5.69 Å². The lowest BCUT2D eigenvalue weighted by Gasteiger charge is -2.18. The fourth-order valence-corrected chi connectivity index (χ4v) is 4.16. The van der Waals surface area contributed by atoms with Crippen molar-refractivity contribution in [1.82, 2.24) is 0 Å². The minimum Gasteiger partial charge on any atom is -0.497 e. The molecule has 0 spiro atoms. The predicted octanol–water partition coefficient (Wildman–Crippen LogP) is 5.00. The maximum atomic E-state index is 12.5. The lowest BCUT2D eigenvalue weighted by atomic mass is 10.1. The van der Waals surface area contributed by atoms with Crippen molar-refractivity contribution in [3.05, 3.63) is 87.9 Å². The molecule has 0 bridgehead atoms. The average Bonchev–Trinajstić information content (AvgIpc) is 3.30. The minimum absolute atomic E-state index is 0.0663. The van der Waals surface area contributed by atoms with E-state index < -0.39 is 30.2 Å². The topological polar surface area (TPSA) is 99.2 Å². The SMILES string of the molecule is COc1cccc(C(=O)Oc2ccc(C(=O)COC(=O)[C@@H]3CC(=O)N(c4cccc(Cl)c4Cl)C3)cc2)c1. The molecule has 1 atom stereocenters. The fraction of sp³-hybridized carbons (Fsp3) is 0.185. The molecule has 0 N–H and O–H groups in total. The van der Waals surface area contributed by atoms with Gasteiger partial charge >= 0.3 is 11.9 Å². The summed E-state index contributed by atoms with van der Waals surface area (Å²) < 4.78 is 15.6.